The zero-order valence-electron chi connectivity index (χ0n) is 15.5. The zero-order chi connectivity index (χ0) is 20.5. The molecule has 8 heteroatoms. The summed E-state index contributed by atoms with van der Waals surface area (Å²) in [6, 6.07) is 9.37. The highest BCUT2D eigenvalue weighted by Gasteiger charge is 2.39. The van der Waals surface area contributed by atoms with Crippen LogP contribution in [-0.4, -0.2) is 26.4 Å². The lowest BCUT2D eigenvalue weighted by molar-refractivity contribution is 0.174. The molecule has 0 radical (unpaired) electrons. The fraction of sp³-hybridized carbons (Fsp3) is 0.238. The van der Waals surface area contributed by atoms with Gasteiger partial charge in [-0.25, -0.2) is 0 Å². The van der Waals surface area contributed by atoms with E-state index in [9.17, 15) is 5.26 Å². The number of rotatable bonds is 5. The quantitative estimate of drug-likeness (QED) is 0.670. The predicted molar refractivity (Wildman–Crippen MR) is 108 cm³/mol. The van der Waals surface area contributed by atoms with E-state index < -0.39 is 11.8 Å². The van der Waals surface area contributed by atoms with Gasteiger partial charge in [0.25, 0.3) is 0 Å². The standard InChI is InChI=1S/C21H17BrN2O5/c1-3-4-26-20-14(22)5-11(6-18(20)25-2)19-12-7-16-17(28-10-27-16)8-15(12)29-21(24)13(19)9-23/h3,5-8,13,19,24H,1,4,10H2,2H3. The van der Waals surface area contributed by atoms with Crippen LogP contribution < -0.4 is 23.7 Å². The minimum atomic E-state index is -0.806. The van der Waals surface area contributed by atoms with Crippen molar-refractivity contribution in [2.45, 2.75) is 5.92 Å². The molecule has 0 bridgehead atoms. The van der Waals surface area contributed by atoms with Crippen LogP contribution in [-0.2, 0) is 0 Å². The maximum atomic E-state index is 9.77. The van der Waals surface area contributed by atoms with Gasteiger partial charge in [-0.05, 0) is 39.7 Å². The number of benzene rings is 2. The molecule has 2 aromatic carbocycles. The summed E-state index contributed by atoms with van der Waals surface area (Å²) in [6.45, 7) is 4.10. The van der Waals surface area contributed by atoms with Crippen molar-refractivity contribution in [1.29, 1.82) is 10.7 Å². The molecule has 2 unspecified atom stereocenters. The van der Waals surface area contributed by atoms with E-state index in [4.69, 9.17) is 29.1 Å². The highest BCUT2D eigenvalue weighted by molar-refractivity contribution is 9.10. The molecule has 0 saturated heterocycles. The van der Waals surface area contributed by atoms with Crippen molar-refractivity contribution >= 4 is 21.8 Å². The van der Waals surface area contributed by atoms with E-state index >= 15 is 0 Å². The zero-order valence-corrected chi connectivity index (χ0v) is 17.1. The van der Waals surface area contributed by atoms with Crippen molar-refractivity contribution < 1.29 is 23.7 Å². The molecule has 4 rings (SSSR count). The molecular formula is C21H17BrN2O5. The van der Waals surface area contributed by atoms with E-state index in [0.29, 0.717) is 39.8 Å². The van der Waals surface area contributed by atoms with Gasteiger partial charge in [-0.15, -0.1) is 0 Å². The molecule has 2 aromatic rings. The number of halogens is 1. The van der Waals surface area contributed by atoms with E-state index in [0.717, 1.165) is 11.1 Å². The number of ether oxygens (including phenoxy) is 5. The molecule has 7 nitrogen and oxygen atoms in total. The average molecular weight is 457 g/mol. The lowest BCUT2D eigenvalue weighted by atomic mass is 9.79. The van der Waals surface area contributed by atoms with Crippen molar-refractivity contribution in [3.63, 3.8) is 0 Å². The molecule has 148 valence electrons. The predicted octanol–water partition coefficient (Wildman–Crippen LogP) is 4.39. The molecule has 2 atom stereocenters. The van der Waals surface area contributed by atoms with Crippen LogP contribution in [0.5, 0.6) is 28.7 Å². The second kappa shape index (κ2) is 7.68. The van der Waals surface area contributed by atoms with Gasteiger partial charge in [0.1, 0.15) is 18.3 Å². The Kier molecular flexibility index (Phi) is 5.07. The summed E-state index contributed by atoms with van der Waals surface area (Å²) in [4.78, 5) is 0. The fourth-order valence-electron chi connectivity index (χ4n) is 3.49. The Balaban J connectivity index is 1.87. The van der Waals surface area contributed by atoms with Gasteiger partial charge in [0.15, 0.2) is 23.0 Å². The molecule has 2 aliphatic heterocycles. The van der Waals surface area contributed by atoms with Crippen LogP contribution in [0.1, 0.15) is 17.0 Å². The molecule has 2 aliphatic rings. The lowest BCUT2D eigenvalue weighted by Crippen LogP contribution is -2.31. The molecule has 1 N–H and O–H groups in total. The third-order valence-corrected chi connectivity index (χ3v) is 5.36. The van der Waals surface area contributed by atoms with Crippen molar-refractivity contribution in [2.24, 2.45) is 5.92 Å². The van der Waals surface area contributed by atoms with Gasteiger partial charge in [0, 0.05) is 17.5 Å². The first-order valence-electron chi connectivity index (χ1n) is 8.78. The Morgan fingerprint density at radius 2 is 2.03 bits per heavy atom. The minimum absolute atomic E-state index is 0.120. The highest BCUT2D eigenvalue weighted by atomic mass is 79.9. The van der Waals surface area contributed by atoms with Crippen LogP contribution in [0.25, 0.3) is 0 Å². The summed E-state index contributed by atoms with van der Waals surface area (Å²) >= 11 is 3.53. The van der Waals surface area contributed by atoms with Gasteiger partial charge in [-0.1, -0.05) is 12.7 Å². The van der Waals surface area contributed by atoms with Gasteiger partial charge < -0.3 is 23.7 Å². The molecule has 2 heterocycles. The number of nitriles is 1. The maximum absolute atomic E-state index is 9.77. The van der Waals surface area contributed by atoms with Gasteiger partial charge in [-0.3, -0.25) is 5.41 Å². The Hall–Kier alpha value is -3.18. The summed E-state index contributed by atoms with van der Waals surface area (Å²) in [5.41, 5.74) is 1.52. The molecule has 0 aromatic heterocycles. The topological polar surface area (TPSA) is 93.8 Å². The monoisotopic (exact) mass is 456 g/mol. The summed E-state index contributed by atoms with van der Waals surface area (Å²) in [5.74, 6) is 1.27. The van der Waals surface area contributed by atoms with E-state index in [2.05, 4.69) is 28.6 Å². The number of nitrogens with zero attached hydrogens (tertiary/aromatic N) is 1. The third-order valence-electron chi connectivity index (χ3n) is 4.77. The van der Waals surface area contributed by atoms with Gasteiger partial charge in [0.05, 0.1) is 17.7 Å². The second-order valence-electron chi connectivity index (χ2n) is 6.43. The normalized spacial score (nSPS) is 19.0. The Morgan fingerprint density at radius 3 is 2.72 bits per heavy atom. The van der Waals surface area contributed by atoms with Crippen LogP contribution in [0, 0.1) is 22.7 Å². The van der Waals surface area contributed by atoms with E-state index in [-0.39, 0.29) is 12.7 Å². The first-order chi connectivity index (χ1) is 14.1. The summed E-state index contributed by atoms with van der Waals surface area (Å²) in [7, 11) is 1.55. The number of hydrogen-bond donors (Lipinski definition) is 1. The van der Waals surface area contributed by atoms with Crippen LogP contribution in [0.2, 0.25) is 0 Å². The summed E-state index contributed by atoms with van der Waals surface area (Å²) in [5, 5.41) is 18.0. The van der Waals surface area contributed by atoms with E-state index in [1.165, 1.54) is 0 Å². The van der Waals surface area contributed by atoms with Gasteiger partial charge >= 0.3 is 0 Å². The Bertz CT molecular complexity index is 1050. The molecule has 0 fully saturated rings. The van der Waals surface area contributed by atoms with E-state index in [1.807, 2.05) is 18.2 Å². The highest BCUT2D eigenvalue weighted by Crippen LogP contribution is 2.49. The molecule has 0 aliphatic carbocycles. The first kappa shape index (κ1) is 19.2. The van der Waals surface area contributed by atoms with Crippen molar-refractivity contribution in [3.05, 3.63) is 52.5 Å². The minimum Gasteiger partial charge on any atom is -0.493 e. The fourth-order valence-corrected chi connectivity index (χ4v) is 4.06. The van der Waals surface area contributed by atoms with Crippen LogP contribution >= 0.6 is 15.9 Å². The number of nitrogens with one attached hydrogen (secondary N) is 1. The molecule has 0 amide bonds. The Morgan fingerprint density at radius 1 is 1.28 bits per heavy atom. The largest absolute Gasteiger partial charge is 0.493 e. The van der Waals surface area contributed by atoms with Crippen molar-refractivity contribution in [1.82, 2.24) is 0 Å². The smallest absolute Gasteiger partial charge is 0.231 e. The molecule has 0 spiro atoms. The lowest BCUT2D eigenvalue weighted by Gasteiger charge is -2.31. The van der Waals surface area contributed by atoms with E-state index in [1.54, 1.807) is 19.3 Å². The van der Waals surface area contributed by atoms with Crippen molar-refractivity contribution in [2.75, 3.05) is 20.5 Å². The average Bonchev–Trinajstić information content (AvgIpc) is 3.17. The molecule has 0 saturated carbocycles. The Labute approximate surface area is 176 Å². The number of methoxy groups -OCH3 is 1. The maximum Gasteiger partial charge on any atom is 0.231 e. The van der Waals surface area contributed by atoms with Gasteiger partial charge in [-0.2, -0.15) is 5.26 Å². The first-order valence-corrected chi connectivity index (χ1v) is 9.57. The third kappa shape index (κ3) is 3.28. The van der Waals surface area contributed by atoms with Crippen LogP contribution in [0.3, 0.4) is 0 Å². The number of hydrogen-bond acceptors (Lipinski definition) is 7. The molecule has 29 heavy (non-hydrogen) atoms. The van der Waals surface area contributed by atoms with Crippen LogP contribution in [0.15, 0.2) is 41.4 Å². The SMILES string of the molecule is C=CCOc1c(Br)cc(C2c3cc4c(cc3OC(=N)C2C#N)OCO4)cc1OC. The van der Waals surface area contributed by atoms with Crippen LogP contribution in [0.4, 0.5) is 0 Å². The number of fused-ring (bicyclic) bond motifs is 2. The van der Waals surface area contributed by atoms with Crippen molar-refractivity contribution in [3.8, 4) is 34.8 Å². The summed E-state index contributed by atoms with van der Waals surface area (Å²) in [6.07, 6.45) is 1.64. The molecular weight excluding hydrogens is 440 g/mol. The van der Waals surface area contributed by atoms with Gasteiger partial charge in [0.2, 0.25) is 12.7 Å². The summed E-state index contributed by atoms with van der Waals surface area (Å²) < 4.78 is 28.4. The second-order valence-corrected chi connectivity index (χ2v) is 7.28.